The molecule has 3 atom stereocenters. The summed E-state index contributed by atoms with van der Waals surface area (Å²) in [6, 6.07) is 4.03. The molecule has 0 radical (unpaired) electrons. The standard InChI is InChI=1S/C16H21NO4S/c1-2-22(20,21)12-5-6-15(18)14(9-12)17-16(19)13-8-10-3-4-11(13)7-10/h5-6,9-11,13,18H,2-4,7-8H2,1H3,(H,17,19). The fourth-order valence-corrected chi connectivity index (χ4v) is 4.67. The van der Waals surface area contributed by atoms with Crippen LogP contribution in [0, 0.1) is 17.8 Å². The Hall–Kier alpha value is -1.56. The van der Waals surface area contributed by atoms with Gasteiger partial charge in [0.25, 0.3) is 0 Å². The second-order valence-electron chi connectivity index (χ2n) is 6.35. The molecule has 5 nitrogen and oxygen atoms in total. The van der Waals surface area contributed by atoms with Crippen LogP contribution < -0.4 is 5.32 Å². The van der Waals surface area contributed by atoms with Crippen LogP contribution in [0.3, 0.4) is 0 Å². The quantitative estimate of drug-likeness (QED) is 0.834. The smallest absolute Gasteiger partial charge is 0.227 e. The average Bonchev–Trinajstić information content (AvgIpc) is 3.12. The number of sulfone groups is 1. The lowest BCUT2D eigenvalue weighted by atomic mass is 9.88. The fourth-order valence-electron chi connectivity index (χ4n) is 3.77. The van der Waals surface area contributed by atoms with Crippen LogP contribution in [-0.2, 0) is 14.6 Å². The van der Waals surface area contributed by atoms with Gasteiger partial charge in [0.2, 0.25) is 5.91 Å². The molecule has 2 bridgehead atoms. The van der Waals surface area contributed by atoms with E-state index in [4.69, 9.17) is 0 Å². The number of phenols is 1. The minimum Gasteiger partial charge on any atom is -0.506 e. The van der Waals surface area contributed by atoms with Crippen molar-refractivity contribution >= 4 is 21.4 Å². The van der Waals surface area contributed by atoms with Crippen molar-refractivity contribution in [3.8, 4) is 5.75 Å². The maximum atomic E-state index is 12.4. The maximum Gasteiger partial charge on any atom is 0.227 e. The summed E-state index contributed by atoms with van der Waals surface area (Å²) in [5.41, 5.74) is 0.183. The highest BCUT2D eigenvalue weighted by Gasteiger charge is 2.43. The summed E-state index contributed by atoms with van der Waals surface area (Å²) < 4.78 is 23.8. The molecule has 0 aromatic heterocycles. The van der Waals surface area contributed by atoms with Gasteiger partial charge in [0, 0.05) is 5.92 Å². The lowest BCUT2D eigenvalue weighted by Crippen LogP contribution is -2.27. The zero-order valence-corrected chi connectivity index (χ0v) is 13.4. The second-order valence-corrected chi connectivity index (χ2v) is 8.63. The highest BCUT2D eigenvalue weighted by Crippen LogP contribution is 2.48. The van der Waals surface area contributed by atoms with Crippen molar-refractivity contribution < 1.29 is 18.3 Å². The van der Waals surface area contributed by atoms with E-state index < -0.39 is 9.84 Å². The number of benzene rings is 1. The summed E-state index contributed by atoms with van der Waals surface area (Å²) >= 11 is 0. The third-order valence-electron chi connectivity index (χ3n) is 5.04. The SMILES string of the molecule is CCS(=O)(=O)c1ccc(O)c(NC(=O)C2CC3CCC2C3)c1. The Labute approximate surface area is 130 Å². The van der Waals surface area contributed by atoms with Crippen LogP contribution in [0.5, 0.6) is 5.75 Å². The third kappa shape index (κ3) is 2.72. The van der Waals surface area contributed by atoms with E-state index in [0.717, 1.165) is 19.3 Å². The molecule has 0 saturated heterocycles. The molecule has 22 heavy (non-hydrogen) atoms. The molecule has 2 aliphatic rings. The van der Waals surface area contributed by atoms with Gasteiger partial charge in [-0.25, -0.2) is 8.42 Å². The van der Waals surface area contributed by atoms with Gasteiger partial charge in [-0.15, -0.1) is 0 Å². The summed E-state index contributed by atoms with van der Waals surface area (Å²) in [7, 11) is -3.36. The summed E-state index contributed by atoms with van der Waals surface area (Å²) in [4.78, 5) is 12.5. The van der Waals surface area contributed by atoms with Crippen LogP contribution in [0.15, 0.2) is 23.1 Å². The number of phenolic OH excluding ortho intramolecular Hbond substituents is 1. The Morgan fingerprint density at radius 2 is 2.09 bits per heavy atom. The first-order valence-electron chi connectivity index (χ1n) is 7.77. The van der Waals surface area contributed by atoms with Crippen LogP contribution in [0.1, 0.15) is 32.6 Å². The molecule has 3 rings (SSSR count). The van der Waals surface area contributed by atoms with Crippen molar-refractivity contribution in [3.05, 3.63) is 18.2 Å². The van der Waals surface area contributed by atoms with E-state index in [1.165, 1.54) is 24.6 Å². The lowest BCUT2D eigenvalue weighted by Gasteiger charge is -2.21. The molecule has 0 heterocycles. The van der Waals surface area contributed by atoms with E-state index in [1.54, 1.807) is 6.92 Å². The first-order chi connectivity index (χ1) is 10.4. The number of fused-ring (bicyclic) bond motifs is 2. The normalized spacial score (nSPS) is 27.0. The summed E-state index contributed by atoms with van der Waals surface area (Å²) in [6.45, 7) is 1.57. The number of aromatic hydroxyl groups is 1. The molecule has 2 N–H and O–H groups in total. The highest BCUT2D eigenvalue weighted by atomic mass is 32.2. The van der Waals surface area contributed by atoms with Gasteiger partial charge in [-0.3, -0.25) is 4.79 Å². The molecular formula is C16H21NO4S. The number of amides is 1. The predicted octanol–water partition coefficient (Wildman–Crippen LogP) is 2.56. The Kier molecular flexibility index (Phi) is 3.89. The topological polar surface area (TPSA) is 83.5 Å². The van der Waals surface area contributed by atoms with Crippen molar-refractivity contribution in [2.24, 2.45) is 17.8 Å². The number of rotatable bonds is 4. The first kappa shape index (κ1) is 15.3. The molecule has 3 unspecified atom stereocenters. The van der Waals surface area contributed by atoms with E-state index in [0.29, 0.717) is 11.8 Å². The Morgan fingerprint density at radius 3 is 2.68 bits per heavy atom. The van der Waals surface area contributed by atoms with Crippen molar-refractivity contribution in [2.75, 3.05) is 11.1 Å². The van der Waals surface area contributed by atoms with Crippen molar-refractivity contribution in [1.82, 2.24) is 0 Å². The first-order valence-corrected chi connectivity index (χ1v) is 9.42. The summed E-state index contributed by atoms with van der Waals surface area (Å²) in [5, 5.41) is 12.6. The monoisotopic (exact) mass is 323 g/mol. The van der Waals surface area contributed by atoms with E-state index in [2.05, 4.69) is 5.32 Å². The molecule has 0 spiro atoms. The van der Waals surface area contributed by atoms with Gasteiger partial charge in [-0.1, -0.05) is 13.3 Å². The molecule has 0 aliphatic heterocycles. The van der Waals surface area contributed by atoms with Crippen LogP contribution in [0.2, 0.25) is 0 Å². The molecule has 2 aliphatic carbocycles. The molecular weight excluding hydrogens is 302 g/mol. The van der Waals surface area contributed by atoms with E-state index in [-0.39, 0.29) is 33.9 Å². The average molecular weight is 323 g/mol. The lowest BCUT2D eigenvalue weighted by molar-refractivity contribution is -0.121. The predicted molar refractivity (Wildman–Crippen MR) is 83.4 cm³/mol. The third-order valence-corrected chi connectivity index (χ3v) is 6.77. The van der Waals surface area contributed by atoms with Gasteiger partial charge in [-0.05, 0) is 49.3 Å². The molecule has 6 heteroatoms. The van der Waals surface area contributed by atoms with E-state index in [1.807, 2.05) is 0 Å². The Morgan fingerprint density at radius 1 is 1.32 bits per heavy atom. The molecule has 2 fully saturated rings. The van der Waals surface area contributed by atoms with Gasteiger partial charge >= 0.3 is 0 Å². The highest BCUT2D eigenvalue weighted by molar-refractivity contribution is 7.91. The van der Waals surface area contributed by atoms with Crippen molar-refractivity contribution in [1.29, 1.82) is 0 Å². The number of carbonyl (C=O) groups is 1. The second kappa shape index (κ2) is 5.57. The number of carbonyl (C=O) groups excluding carboxylic acids is 1. The van der Waals surface area contributed by atoms with Gasteiger partial charge in [0.1, 0.15) is 5.75 Å². The van der Waals surface area contributed by atoms with Gasteiger partial charge in [-0.2, -0.15) is 0 Å². The number of nitrogens with one attached hydrogen (secondary N) is 1. The molecule has 1 aromatic rings. The van der Waals surface area contributed by atoms with Crippen LogP contribution >= 0.6 is 0 Å². The zero-order valence-electron chi connectivity index (χ0n) is 12.6. The fraction of sp³-hybridized carbons (Fsp3) is 0.562. The number of hydrogen-bond acceptors (Lipinski definition) is 4. The summed E-state index contributed by atoms with van der Waals surface area (Å²) in [5.74, 6) is 0.859. The van der Waals surface area contributed by atoms with Crippen LogP contribution in [0.4, 0.5) is 5.69 Å². The molecule has 1 aromatic carbocycles. The zero-order chi connectivity index (χ0) is 15.9. The Balaban J connectivity index is 1.80. The maximum absolute atomic E-state index is 12.4. The minimum atomic E-state index is -3.36. The largest absolute Gasteiger partial charge is 0.506 e. The molecule has 1 amide bonds. The van der Waals surface area contributed by atoms with Gasteiger partial charge in [0.05, 0.1) is 16.3 Å². The van der Waals surface area contributed by atoms with E-state index in [9.17, 15) is 18.3 Å². The van der Waals surface area contributed by atoms with Crippen molar-refractivity contribution in [2.45, 2.75) is 37.5 Å². The number of anilines is 1. The van der Waals surface area contributed by atoms with E-state index >= 15 is 0 Å². The Bertz CT molecular complexity index is 698. The van der Waals surface area contributed by atoms with Gasteiger partial charge < -0.3 is 10.4 Å². The van der Waals surface area contributed by atoms with Crippen LogP contribution in [0.25, 0.3) is 0 Å². The molecule has 120 valence electrons. The van der Waals surface area contributed by atoms with Crippen LogP contribution in [-0.4, -0.2) is 25.2 Å². The van der Waals surface area contributed by atoms with Gasteiger partial charge in [0.15, 0.2) is 9.84 Å². The summed E-state index contributed by atoms with van der Waals surface area (Å²) in [6.07, 6.45) is 4.33. The number of hydrogen-bond donors (Lipinski definition) is 2. The molecule has 2 saturated carbocycles. The minimum absolute atomic E-state index is 0.00964. The van der Waals surface area contributed by atoms with Crippen molar-refractivity contribution in [3.63, 3.8) is 0 Å².